The van der Waals surface area contributed by atoms with Crippen molar-refractivity contribution in [2.24, 2.45) is 0 Å². The summed E-state index contributed by atoms with van der Waals surface area (Å²) in [4.78, 5) is 22.8. The van der Waals surface area contributed by atoms with Crippen molar-refractivity contribution in [1.29, 1.82) is 0 Å². The van der Waals surface area contributed by atoms with E-state index in [1.54, 1.807) is 30.3 Å². The highest BCUT2D eigenvalue weighted by Gasteiger charge is 2.20. The Morgan fingerprint density at radius 3 is 2.48 bits per heavy atom. The van der Waals surface area contributed by atoms with E-state index in [-0.39, 0.29) is 18.3 Å². The van der Waals surface area contributed by atoms with Crippen molar-refractivity contribution >= 4 is 23.4 Å². The number of ether oxygens (including phenoxy) is 1. The second kappa shape index (κ2) is 8.53. The van der Waals surface area contributed by atoms with Crippen molar-refractivity contribution in [2.45, 2.75) is 38.2 Å². The Hall–Kier alpha value is -3.09. The van der Waals surface area contributed by atoms with Gasteiger partial charge in [-0.3, -0.25) is 4.79 Å². The molecule has 0 atom stereocenters. The number of hydrogen-bond acceptors (Lipinski definition) is 3. The van der Waals surface area contributed by atoms with Gasteiger partial charge in [-0.1, -0.05) is 12.1 Å². The normalized spacial score (nSPS) is 13.5. The topological polar surface area (TPSA) is 87.7 Å². The standard InChI is InChI=1S/C20H21FN2O4/c21-17-12-15(8-9-18(17)27-16-5-2-6-16)23-20(26)22-14-4-1-3-13(11-14)7-10-19(24)25/h1,3-4,8-9,11-12,16H,2,5-7,10H2,(H,24,25)(H2,22,23,26). The lowest BCUT2D eigenvalue weighted by atomic mass is 9.96. The highest BCUT2D eigenvalue weighted by atomic mass is 19.1. The molecule has 3 N–H and O–H groups in total. The molecule has 0 saturated heterocycles. The van der Waals surface area contributed by atoms with Crippen LogP contribution in [0.25, 0.3) is 0 Å². The minimum absolute atomic E-state index is 0.0181. The quantitative estimate of drug-likeness (QED) is 0.671. The van der Waals surface area contributed by atoms with Gasteiger partial charge in [-0.2, -0.15) is 0 Å². The van der Waals surface area contributed by atoms with E-state index in [9.17, 15) is 14.0 Å². The van der Waals surface area contributed by atoms with E-state index < -0.39 is 17.8 Å². The summed E-state index contributed by atoms with van der Waals surface area (Å²) < 4.78 is 19.7. The zero-order valence-electron chi connectivity index (χ0n) is 14.7. The third kappa shape index (κ3) is 5.44. The van der Waals surface area contributed by atoms with Crippen molar-refractivity contribution in [3.05, 3.63) is 53.8 Å². The van der Waals surface area contributed by atoms with Crippen LogP contribution in [0.5, 0.6) is 5.75 Å². The third-order valence-corrected chi connectivity index (χ3v) is 4.35. The van der Waals surface area contributed by atoms with Crippen LogP contribution in [-0.2, 0) is 11.2 Å². The first-order valence-electron chi connectivity index (χ1n) is 8.84. The van der Waals surface area contributed by atoms with Crippen LogP contribution in [0, 0.1) is 5.82 Å². The number of halogens is 1. The number of carbonyl (C=O) groups excluding carboxylic acids is 1. The molecule has 2 aromatic rings. The average molecular weight is 372 g/mol. The molecule has 1 saturated carbocycles. The van der Waals surface area contributed by atoms with Gasteiger partial charge in [0.2, 0.25) is 0 Å². The maximum absolute atomic E-state index is 14.1. The van der Waals surface area contributed by atoms with Crippen LogP contribution < -0.4 is 15.4 Å². The lowest BCUT2D eigenvalue weighted by Gasteiger charge is -2.26. The Bertz CT molecular complexity index is 836. The molecule has 0 heterocycles. The number of nitrogens with one attached hydrogen (secondary N) is 2. The zero-order valence-corrected chi connectivity index (χ0v) is 14.7. The maximum Gasteiger partial charge on any atom is 0.323 e. The van der Waals surface area contributed by atoms with Crippen LogP contribution in [0.15, 0.2) is 42.5 Å². The van der Waals surface area contributed by atoms with Gasteiger partial charge in [0.15, 0.2) is 11.6 Å². The smallest absolute Gasteiger partial charge is 0.323 e. The number of urea groups is 1. The summed E-state index contributed by atoms with van der Waals surface area (Å²) in [6, 6.07) is 10.7. The molecule has 142 valence electrons. The number of hydrogen-bond donors (Lipinski definition) is 3. The number of carbonyl (C=O) groups is 2. The lowest BCUT2D eigenvalue weighted by Crippen LogP contribution is -2.25. The summed E-state index contributed by atoms with van der Waals surface area (Å²) in [5.74, 6) is -1.20. The van der Waals surface area contributed by atoms with E-state index in [1.807, 2.05) is 0 Å². The Balaban J connectivity index is 1.56. The van der Waals surface area contributed by atoms with Gasteiger partial charge >= 0.3 is 12.0 Å². The summed E-state index contributed by atoms with van der Waals surface area (Å²) in [5.41, 5.74) is 1.65. The fourth-order valence-electron chi connectivity index (χ4n) is 2.69. The van der Waals surface area contributed by atoms with Crippen LogP contribution in [-0.4, -0.2) is 23.2 Å². The maximum atomic E-state index is 14.1. The molecule has 1 fully saturated rings. The first kappa shape index (κ1) is 18.7. The lowest BCUT2D eigenvalue weighted by molar-refractivity contribution is -0.136. The van der Waals surface area contributed by atoms with Crippen LogP contribution in [0.3, 0.4) is 0 Å². The number of benzene rings is 2. The molecule has 1 aliphatic carbocycles. The van der Waals surface area contributed by atoms with Gasteiger partial charge in [0.25, 0.3) is 0 Å². The summed E-state index contributed by atoms with van der Waals surface area (Å²) in [6.45, 7) is 0. The van der Waals surface area contributed by atoms with Crippen molar-refractivity contribution in [2.75, 3.05) is 10.6 Å². The number of aryl methyl sites for hydroxylation is 1. The van der Waals surface area contributed by atoms with Crippen LogP contribution >= 0.6 is 0 Å². The fourth-order valence-corrected chi connectivity index (χ4v) is 2.69. The van der Waals surface area contributed by atoms with Gasteiger partial charge in [-0.25, -0.2) is 9.18 Å². The molecule has 0 aliphatic heterocycles. The monoisotopic (exact) mass is 372 g/mol. The molecular formula is C20H21FN2O4. The van der Waals surface area contributed by atoms with E-state index in [2.05, 4.69) is 10.6 Å². The number of rotatable bonds is 7. The van der Waals surface area contributed by atoms with E-state index in [1.165, 1.54) is 12.1 Å². The molecule has 7 heteroatoms. The van der Waals surface area contributed by atoms with Crippen molar-refractivity contribution in [3.63, 3.8) is 0 Å². The molecule has 1 aliphatic rings. The predicted molar refractivity (Wildman–Crippen MR) is 99.7 cm³/mol. The van der Waals surface area contributed by atoms with E-state index in [4.69, 9.17) is 9.84 Å². The molecule has 0 unspecified atom stereocenters. The number of anilines is 2. The van der Waals surface area contributed by atoms with Gasteiger partial charge in [0, 0.05) is 23.9 Å². The van der Waals surface area contributed by atoms with Crippen molar-refractivity contribution in [1.82, 2.24) is 0 Å². The molecule has 2 aromatic carbocycles. The molecule has 0 bridgehead atoms. The van der Waals surface area contributed by atoms with Gasteiger partial charge in [0.1, 0.15) is 0 Å². The fraction of sp³-hybridized carbons (Fsp3) is 0.300. The summed E-state index contributed by atoms with van der Waals surface area (Å²) in [7, 11) is 0. The molecule has 0 aromatic heterocycles. The molecule has 0 radical (unpaired) electrons. The highest BCUT2D eigenvalue weighted by molar-refractivity contribution is 5.99. The molecule has 2 amide bonds. The van der Waals surface area contributed by atoms with Crippen LogP contribution in [0.4, 0.5) is 20.6 Å². The molecule has 27 heavy (non-hydrogen) atoms. The van der Waals surface area contributed by atoms with Crippen LogP contribution in [0.1, 0.15) is 31.2 Å². The Kier molecular flexibility index (Phi) is 5.90. The summed E-state index contributed by atoms with van der Waals surface area (Å²) in [6.07, 6.45) is 3.45. The minimum Gasteiger partial charge on any atom is -0.487 e. The zero-order chi connectivity index (χ0) is 19.2. The Labute approximate surface area is 156 Å². The third-order valence-electron chi connectivity index (χ3n) is 4.35. The Morgan fingerprint density at radius 2 is 1.85 bits per heavy atom. The number of carboxylic acids is 1. The predicted octanol–water partition coefficient (Wildman–Crippen LogP) is 4.42. The first-order valence-corrected chi connectivity index (χ1v) is 8.84. The van der Waals surface area contributed by atoms with E-state index >= 15 is 0 Å². The molecule has 6 nitrogen and oxygen atoms in total. The van der Waals surface area contributed by atoms with Gasteiger partial charge < -0.3 is 20.5 Å². The highest BCUT2D eigenvalue weighted by Crippen LogP contribution is 2.28. The largest absolute Gasteiger partial charge is 0.487 e. The minimum atomic E-state index is -0.877. The number of carboxylic acid groups (broad SMARTS) is 1. The summed E-state index contributed by atoms with van der Waals surface area (Å²) >= 11 is 0. The van der Waals surface area contributed by atoms with Gasteiger partial charge in [-0.05, 0) is 55.5 Å². The SMILES string of the molecule is O=C(O)CCc1cccc(NC(=O)Nc2ccc(OC3CCC3)c(F)c2)c1. The average Bonchev–Trinajstić information content (AvgIpc) is 2.58. The number of aliphatic carboxylic acids is 1. The van der Waals surface area contributed by atoms with E-state index in [0.29, 0.717) is 17.8 Å². The molecular weight excluding hydrogens is 351 g/mol. The van der Waals surface area contributed by atoms with Gasteiger partial charge in [-0.15, -0.1) is 0 Å². The molecule has 0 spiro atoms. The Morgan fingerprint density at radius 1 is 1.11 bits per heavy atom. The van der Waals surface area contributed by atoms with Crippen molar-refractivity contribution in [3.8, 4) is 5.75 Å². The molecule has 3 rings (SSSR count). The van der Waals surface area contributed by atoms with E-state index in [0.717, 1.165) is 24.8 Å². The first-order chi connectivity index (χ1) is 13.0. The van der Waals surface area contributed by atoms with Gasteiger partial charge in [0.05, 0.1) is 6.10 Å². The van der Waals surface area contributed by atoms with Crippen molar-refractivity contribution < 1.29 is 23.8 Å². The number of amides is 2. The van der Waals surface area contributed by atoms with Crippen LogP contribution in [0.2, 0.25) is 0 Å². The second-order valence-electron chi connectivity index (χ2n) is 6.49. The second-order valence-corrected chi connectivity index (χ2v) is 6.49. The summed E-state index contributed by atoms with van der Waals surface area (Å²) in [5, 5.41) is 14.0.